The first kappa shape index (κ1) is 12.3. The van der Waals surface area contributed by atoms with E-state index < -0.39 is 0 Å². The van der Waals surface area contributed by atoms with Gasteiger partial charge in [0.1, 0.15) is 5.82 Å². The van der Waals surface area contributed by atoms with Crippen molar-refractivity contribution in [3.05, 3.63) is 24.4 Å². The third kappa shape index (κ3) is 3.39. The van der Waals surface area contributed by atoms with Crippen LogP contribution < -0.4 is 10.6 Å². The van der Waals surface area contributed by atoms with Gasteiger partial charge >= 0.3 is 0 Å². The van der Waals surface area contributed by atoms with Crippen LogP contribution in [0.5, 0.6) is 0 Å². The van der Waals surface area contributed by atoms with Crippen LogP contribution in [0.2, 0.25) is 0 Å². The van der Waals surface area contributed by atoms with Gasteiger partial charge in [-0.25, -0.2) is 4.98 Å². The summed E-state index contributed by atoms with van der Waals surface area (Å²) in [6.07, 6.45) is 1.82. The smallest absolute Gasteiger partial charge is 0.128 e. The fourth-order valence-corrected chi connectivity index (χ4v) is 2.09. The first-order valence-electron chi connectivity index (χ1n) is 6.04. The molecule has 1 unspecified atom stereocenters. The molecule has 2 heterocycles. The van der Waals surface area contributed by atoms with Gasteiger partial charge in [-0.2, -0.15) is 0 Å². The minimum Gasteiger partial charge on any atom is -0.395 e. The van der Waals surface area contributed by atoms with E-state index >= 15 is 0 Å². The van der Waals surface area contributed by atoms with Gasteiger partial charge in [-0.15, -0.1) is 0 Å². The zero-order valence-corrected chi connectivity index (χ0v) is 10.00. The molecule has 5 heteroatoms. The van der Waals surface area contributed by atoms with Crippen LogP contribution in [0.3, 0.4) is 0 Å². The SMILES string of the molecule is NC(CO)CN1CCN(c2ccccn2)CC1. The maximum Gasteiger partial charge on any atom is 0.128 e. The van der Waals surface area contributed by atoms with Gasteiger partial charge in [-0.3, -0.25) is 4.90 Å². The summed E-state index contributed by atoms with van der Waals surface area (Å²) >= 11 is 0. The van der Waals surface area contributed by atoms with E-state index in [0.29, 0.717) is 0 Å². The molecule has 0 saturated carbocycles. The number of aromatic nitrogens is 1. The molecule has 3 N–H and O–H groups in total. The molecule has 1 aromatic heterocycles. The van der Waals surface area contributed by atoms with Crippen LogP contribution in [0.25, 0.3) is 0 Å². The Kier molecular flexibility index (Phi) is 4.30. The van der Waals surface area contributed by atoms with Crippen LogP contribution >= 0.6 is 0 Å². The number of nitrogens with zero attached hydrogens (tertiary/aromatic N) is 3. The molecule has 1 atom stereocenters. The third-order valence-corrected chi connectivity index (χ3v) is 3.07. The van der Waals surface area contributed by atoms with Gasteiger partial charge in [0.25, 0.3) is 0 Å². The van der Waals surface area contributed by atoms with Gasteiger partial charge in [-0.1, -0.05) is 6.07 Å². The summed E-state index contributed by atoms with van der Waals surface area (Å²) < 4.78 is 0. The van der Waals surface area contributed by atoms with Crippen LogP contribution in [0, 0.1) is 0 Å². The highest BCUT2D eigenvalue weighted by Gasteiger charge is 2.18. The lowest BCUT2D eigenvalue weighted by Gasteiger charge is -2.36. The molecule has 0 aromatic carbocycles. The Morgan fingerprint density at radius 1 is 1.29 bits per heavy atom. The molecule has 0 aliphatic carbocycles. The lowest BCUT2D eigenvalue weighted by atomic mass is 10.2. The van der Waals surface area contributed by atoms with E-state index in [1.165, 1.54) is 0 Å². The van der Waals surface area contributed by atoms with Gasteiger partial charge < -0.3 is 15.7 Å². The molecule has 2 rings (SSSR count). The number of hydrogen-bond acceptors (Lipinski definition) is 5. The number of piperazine rings is 1. The Balaban J connectivity index is 1.82. The van der Waals surface area contributed by atoms with Crippen molar-refractivity contribution < 1.29 is 5.11 Å². The van der Waals surface area contributed by atoms with Crippen molar-refractivity contribution in [2.45, 2.75) is 6.04 Å². The summed E-state index contributed by atoms with van der Waals surface area (Å²) in [7, 11) is 0. The number of pyridine rings is 1. The Morgan fingerprint density at radius 2 is 2.06 bits per heavy atom. The van der Waals surface area contributed by atoms with Gasteiger partial charge in [0.2, 0.25) is 0 Å². The number of hydrogen-bond donors (Lipinski definition) is 2. The molecule has 5 nitrogen and oxygen atoms in total. The molecule has 1 aromatic rings. The van der Waals surface area contributed by atoms with Crippen LogP contribution in [0.4, 0.5) is 5.82 Å². The van der Waals surface area contributed by atoms with Gasteiger partial charge in [0.05, 0.1) is 6.61 Å². The van der Waals surface area contributed by atoms with E-state index in [4.69, 9.17) is 10.8 Å². The minimum absolute atomic E-state index is 0.0560. The largest absolute Gasteiger partial charge is 0.395 e. The van der Waals surface area contributed by atoms with Crippen LogP contribution in [-0.2, 0) is 0 Å². The first-order valence-corrected chi connectivity index (χ1v) is 6.04. The van der Waals surface area contributed by atoms with Crippen molar-refractivity contribution in [2.75, 3.05) is 44.2 Å². The standard InChI is InChI=1S/C12H20N4O/c13-11(10-17)9-15-5-7-16(8-6-15)12-3-1-2-4-14-12/h1-4,11,17H,5-10,13H2. The molecule has 1 aliphatic rings. The number of aliphatic hydroxyl groups excluding tert-OH is 1. The van der Waals surface area contributed by atoms with Gasteiger partial charge in [-0.05, 0) is 12.1 Å². The van der Waals surface area contributed by atoms with Crippen molar-refractivity contribution in [3.63, 3.8) is 0 Å². The lowest BCUT2D eigenvalue weighted by molar-refractivity contribution is 0.194. The Hall–Kier alpha value is -1.17. The Bertz CT molecular complexity index is 325. The Labute approximate surface area is 102 Å². The van der Waals surface area contributed by atoms with Crippen LogP contribution in [0.15, 0.2) is 24.4 Å². The molecule has 0 radical (unpaired) electrons. The molecule has 17 heavy (non-hydrogen) atoms. The quantitative estimate of drug-likeness (QED) is 0.739. The highest BCUT2D eigenvalue weighted by molar-refractivity contribution is 5.38. The maximum absolute atomic E-state index is 8.92. The second-order valence-electron chi connectivity index (χ2n) is 4.42. The highest BCUT2D eigenvalue weighted by atomic mass is 16.3. The van der Waals surface area contributed by atoms with E-state index in [2.05, 4.69) is 14.8 Å². The molecular formula is C12H20N4O. The van der Waals surface area contributed by atoms with Crippen molar-refractivity contribution in [1.82, 2.24) is 9.88 Å². The average Bonchev–Trinajstić information content (AvgIpc) is 2.40. The van der Waals surface area contributed by atoms with Crippen LogP contribution in [0.1, 0.15) is 0 Å². The second-order valence-corrected chi connectivity index (χ2v) is 4.42. The summed E-state index contributed by atoms with van der Waals surface area (Å²) in [6.45, 7) is 4.71. The van der Waals surface area contributed by atoms with Crippen LogP contribution in [-0.4, -0.2) is 60.4 Å². The zero-order chi connectivity index (χ0) is 12.1. The third-order valence-electron chi connectivity index (χ3n) is 3.07. The molecule has 94 valence electrons. The fraction of sp³-hybridized carbons (Fsp3) is 0.583. The molecule has 0 amide bonds. The van der Waals surface area contributed by atoms with Crippen molar-refractivity contribution >= 4 is 5.82 Å². The van der Waals surface area contributed by atoms with E-state index in [1.54, 1.807) is 0 Å². The topological polar surface area (TPSA) is 65.6 Å². The van der Waals surface area contributed by atoms with E-state index in [-0.39, 0.29) is 12.6 Å². The predicted molar refractivity (Wildman–Crippen MR) is 68.0 cm³/mol. The van der Waals surface area contributed by atoms with E-state index in [9.17, 15) is 0 Å². The number of nitrogens with two attached hydrogens (primary N) is 1. The van der Waals surface area contributed by atoms with Crippen molar-refractivity contribution in [2.24, 2.45) is 5.73 Å². The summed E-state index contributed by atoms with van der Waals surface area (Å²) in [4.78, 5) is 8.92. The van der Waals surface area contributed by atoms with Crippen molar-refractivity contribution in [1.29, 1.82) is 0 Å². The number of aliphatic hydroxyl groups is 1. The van der Waals surface area contributed by atoms with Gasteiger partial charge in [0, 0.05) is 45.0 Å². The first-order chi connectivity index (χ1) is 8.29. The minimum atomic E-state index is -0.128. The van der Waals surface area contributed by atoms with Crippen molar-refractivity contribution in [3.8, 4) is 0 Å². The fourth-order valence-electron chi connectivity index (χ4n) is 2.09. The lowest BCUT2D eigenvalue weighted by Crippen LogP contribution is -2.50. The second kappa shape index (κ2) is 5.95. The highest BCUT2D eigenvalue weighted by Crippen LogP contribution is 2.12. The molecule has 0 spiro atoms. The van der Waals surface area contributed by atoms with E-state index in [0.717, 1.165) is 38.5 Å². The summed E-state index contributed by atoms with van der Waals surface area (Å²) in [5, 5.41) is 8.92. The molecule has 1 aliphatic heterocycles. The maximum atomic E-state index is 8.92. The van der Waals surface area contributed by atoms with Gasteiger partial charge in [0.15, 0.2) is 0 Å². The Morgan fingerprint density at radius 3 is 2.65 bits per heavy atom. The molecular weight excluding hydrogens is 216 g/mol. The monoisotopic (exact) mass is 236 g/mol. The molecule has 1 fully saturated rings. The summed E-state index contributed by atoms with van der Waals surface area (Å²) in [6, 6.07) is 5.85. The summed E-state index contributed by atoms with van der Waals surface area (Å²) in [5.41, 5.74) is 5.73. The average molecular weight is 236 g/mol. The normalized spacial score (nSPS) is 19.3. The zero-order valence-electron chi connectivity index (χ0n) is 10.00. The van der Waals surface area contributed by atoms with E-state index in [1.807, 2.05) is 24.4 Å². The molecule has 1 saturated heterocycles. The predicted octanol–water partition coefficient (Wildman–Crippen LogP) is -0.477. The molecule has 0 bridgehead atoms. The number of anilines is 1. The summed E-state index contributed by atoms with van der Waals surface area (Å²) in [5.74, 6) is 1.04. The number of rotatable bonds is 4.